The van der Waals surface area contributed by atoms with Crippen molar-refractivity contribution in [1.29, 1.82) is 0 Å². The molecule has 1 fully saturated rings. The van der Waals surface area contributed by atoms with Gasteiger partial charge in [-0.3, -0.25) is 4.79 Å². The second-order valence-electron chi connectivity index (χ2n) is 5.49. The fraction of sp³-hybridized carbons (Fsp3) is 0.923. The number of amides is 1. The summed E-state index contributed by atoms with van der Waals surface area (Å²) in [5.74, 6) is 0.771. The molecule has 1 aliphatic rings. The summed E-state index contributed by atoms with van der Waals surface area (Å²) in [6.45, 7) is 1.82. The van der Waals surface area contributed by atoms with Crippen LogP contribution in [0.5, 0.6) is 0 Å². The van der Waals surface area contributed by atoms with E-state index in [1.807, 2.05) is 14.1 Å². The highest BCUT2D eigenvalue weighted by Crippen LogP contribution is 2.25. The van der Waals surface area contributed by atoms with Crippen molar-refractivity contribution in [1.82, 2.24) is 10.2 Å². The maximum atomic E-state index is 11.7. The number of carbonyl (C=O) groups excluding carboxylic acids is 1. The molecule has 1 amide bonds. The number of rotatable bonds is 6. The van der Waals surface area contributed by atoms with Crippen LogP contribution in [-0.2, 0) is 4.79 Å². The summed E-state index contributed by atoms with van der Waals surface area (Å²) in [5, 5.41) is 3.00. The average molecular weight is 241 g/mol. The van der Waals surface area contributed by atoms with E-state index in [-0.39, 0.29) is 5.91 Å². The van der Waals surface area contributed by atoms with Crippen molar-refractivity contribution in [2.24, 2.45) is 11.7 Å². The van der Waals surface area contributed by atoms with Crippen LogP contribution in [0.2, 0.25) is 0 Å². The molecule has 1 aliphatic carbocycles. The van der Waals surface area contributed by atoms with Gasteiger partial charge in [0.1, 0.15) is 0 Å². The van der Waals surface area contributed by atoms with Gasteiger partial charge >= 0.3 is 0 Å². The third-order valence-electron chi connectivity index (χ3n) is 3.47. The molecule has 0 heterocycles. The highest BCUT2D eigenvalue weighted by molar-refractivity contribution is 5.76. The Morgan fingerprint density at radius 2 is 1.94 bits per heavy atom. The molecule has 0 aromatic carbocycles. The van der Waals surface area contributed by atoms with Crippen LogP contribution in [0.15, 0.2) is 0 Å². The zero-order chi connectivity index (χ0) is 12.7. The van der Waals surface area contributed by atoms with E-state index >= 15 is 0 Å². The van der Waals surface area contributed by atoms with E-state index in [1.54, 1.807) is 0 Å². The Hall–Kier alpha value is -0.610. The number of hydrogen-bond donors (Lipinski definition) is 2. The van der Waals surface area contributed by atoms with Gasteiger partial charge in [0.2, 0.25) is 5.91 Å². The van der Waals surface area contributed by atoms with Crippen molar-refractivity contribution in [2.45, 2.75) is 44.6 Å². The molecule has 0 aromatic heterocycles. The molecule has 0 atom stereocenters. The van der Waals surface area contributed by atoms with Crippen LogP contribution < -0.4 is 11.1 Å². The highest BCUT2D eigenvalue weighted by atomic mass is 16.1. The van der Waals surface area contributed by atoms with Crippen LogP contribution in [0, 0.1) is 5.92 Å². The van der Waals surface area contributed by atoms with Crippen LogP contribution >= 0.6 is 0 Å². The lowest BCUT2D eigenvalue weighted by atomic mass is 9.84. The predicted octanol–water partition coefficient (Wildman–Crippen LogP) is 0.962. The quantitative estimate of drug-likeness (QED) is 0.681. The standard InChI is InChI=1S/C13H27N3O/c1-16(2)9-3-8-15-13(17)10-11-4-6-12(14)7-5-11/h11-12H,3-10,14H2,1-2H3,(H,15,17). The summed E-state index contributed by atoms with van der Waals surface area (Å²) in [5.41, 5.74) is 5.85. The third-order valence-corrected chi connectivity index (χ3v) is 3.47. The molecule has 4 nitrogen and oxygen atoms in total. The zero-order valence-corrected chi connectivity index (χ0v) is 11.2. The van der Waals surface area contributed by atoms with Crippen LogP contribution in [0.3, 0.4) is 0 Å². The molecule has 100 valence electrons. The van der Waals surface area contributed by atoms with Crippen LogP contribution in [0.4, 0.5) is 0 Å². The van der Waals surface area contributed by atoms with Gasteiger partial charge in [-0.2, -0.15) is 0 Å². The Morgan fingerprint density at radius 1 is 1.29 bits per heavy atom. The van der Waals surface area contributed by atoms with Crippen molar-refractivity contribution in [3.8, 4) is 0 Å². The van der Waals surface area contributed by atoms with E-state index < -0.39 is 0 Å². The van der Waals surface area contributed by atoms with E-state index in [0.29, 0.717) is 18.4 Å². The van der Waals surface area contributed by atoms with Gasteiger partial charge < -0.3 is 16.0 Å². The first kappa shape index (κ1) is 14.5. The van der Waals surface area contributed by atoms with Crippen molar-refractivity contribution in [3.63, 3.8) is 0 Å². The summed E-state index contributed by atoms with van der Waals surface area (Å²) >= 11 is 0. The van der Waals surface area contributed by atoms with E-state index in [2.05, 4.69) is 10.2 Å². The Morgan fingerprint density at radius 3 is 2.53 bits per heavy atom. The van der Waals surface area contributed by atoms with Gasteiger partial charge in [-0.25, -0.2) is 0 Å². The monoisotopic (exact) mass is 241 g/mol. The van der Waals surface area contributed by atoms with Gasteiger partial charge in [-0.05, 0) is 58.7 Å². The lowest BCUT2D eigenvalue weighted by molar-refractivity contribution is -0.122. The normalized spacial score (nSPS) is 24.9. The molecule has 1 saturated carbocycles. The molecule has 1 rings (SSSR count). The Kier molecular flexibility index (Phi) is 6.52. The van der Waals surface area contributed by atoms with Gasteiger partial charge in [0.05, 0.1) is 0 Å². The van der Waals surface area contributed by atoms with Crippen molar-refractivity contribution in [3.05, 3.63) is 0 Å². The second kappa shape index (κ2) is 7.67. The molecule has 0 spiro atoms. The summed E-state index contributed by atoms with van der Waals surface area (Å²) in [6.07, 6.45) is 6.11. The first-order valence-corrected chi connectivity index (χ1v) is 6.75. The molecule has 17 heavy (non-hydrogen) atoms. The molecule has 0 aromatic rings. The summed E-state index contributed by atoms with van der Waals surface area (Å²) in [6, 6.07) is 0.370. The van der Waals surface area contributed by atoms with E-state index in [4.69, 9.17) is 5.73 Å². The number of nitrogens with zero attached hydrogens (tertiary/aromatic N) is 1. The lowest BCUT2D eigenvalue weighted by Crippen LogP contribution is -2.31. The minimum Gasteiger partial charge on any atom is -0.356 e. The Labute approximate surface area is 105 Å². The maximum Gasteiger partial charge on any atom is 0.220 e. The minimum absolute atomic E-state index is 0.212. The van der Waals surface area contributed by atoms with Crippen LogP contribution in [-0.4, -0.2) is 44.0 Å². The van der Waals surface area contributed by atoms with Gasteiger partial charge in [-0.1, -0.05) is 0 Å². The van der Waals surface area contributed by atoms with Crippen molar-refractivity contribution < 1.29 is 4.79 Å². The summed E-state index contributed by atoms with van der Waals surface area (Å²) < 4.78 is 0. The first-order chi connectivity index (χ1) is 8.08. The molecule has 4 heteroatoms. The topological polar surface area (TPSA) is 58.4 Å². The van der Waals surface area contributed by atoms with Gasteiger partial charge in [0.15, 0.2) is 0 Å². The molecule has 0 radical (unpaired) electrons. The van der Waals surface area contributed by atoms with E-state index in [9.17, 15) is 4.79 Å². The fourth-order valence-electron chi connectivity index (χ4n) is 2.35. The Balaban J connectivity index is 2.04. The van der Waals surface area contributed by atoms with Crippen molar-refractivity contribution >= 4 is 5.91 Å². The minimum atomic E-state index is 0.212. The van der Waals surface area contributed by atoms with Gasteiger partial charge in [0.25, 0.3) is 0 Å². The Bertz CT molecular complexity index is 223. The van der Waals surface area contributed by atoms with Gasteiger partial charge in [-0.15, -0.1) is 0 Å². The number of carbonyl (C=O) groups is 1. The van der Waals surface area contributed by atoms with E-state index in [1.165, 1.54) is 0 Å². The number of nitrogens with two attached hydrogens (primary N) is 1. The SMILES string of the molecule is CN(C)CCCNC(=O)CC1CCC(N)CC1. The molecule has 0 aliphatic heterocycles. The number of hydrogen-bond acceptors (Lipinski definition) is 3. The fourth-order valence-corrected chi connectivity index (χ4v) is 2.35. The molecular weight excluding hydrogens is 214 g/mol. The van der Waals surface area contributed by atoms with E-state index in [0.717, 1.165) is 45.2 Å². The van der Waals surface area contributed by atoms with Gasteiger partial charge in [0, 0.05) is 19.0 Å². The van der Waals surface area contributed by atoms with Crippen LogP contribution in [0.1, 0.15) is 38.5 Å². The first-order valence-electron chi connectivity index (χ1n) is 6.75. The second-order valence-corrected chi connectivity index (χ2v) is 5.49. The zero-order valence-electron chi connectivity index (χ0n) is 11.2. The highest BCUT2D eigenvalue weighted by Gasteiger charge is 2.20. The molecule has 0 saturated heterocycles. The predicted molar refractivity (Wildman–Crippen MR) is 70.7 cm³/mol. The summed E-state index contributed by atoms with van der Waals surface area (Å²) in [4.78, 5) is 13.8. The van der Waals surface area contributed by atoms with Crippen LogP contribution in [0.25, 0.3) is 0 Å². The molecular formula is C13H27N3O. The largest absolute Gasteiger partial charge is 0.356 e. The lowest BCUT2D eigenvalue weighted by Gasteiger charge is -2.25. The molecule has 0 bridgehead atoms. The summed E-state index contributed by atoms with van der Waals surface area (Å²) in [7, 11) is 4.10. The smallest absolute Gasteiger partial charge is 0.220 e. The van der Waals surface area contributed by atoms with Crippen molar-refractivity contribution in [2.75, 3.05) is 27.2 Å². The molecule has 3 N–H and O–H groups in total. The molecule has 0 unspecified atom stereocenters. The number of nitrogens with one attached hydrogen (secondary N) is 1. The maximum absolute atomic E-state index is 11.7. The average Bonchev–Trinajstić information content (AvgIpc) is 2.27. The third kappa shape index (κ3) is 6.64.